The highest BCUT2D eigenvalue weighted by Gasteiger charge is 2.21. The number of ether oxygens (including phenoxy) is 1. The molecule has 0 unspecified atom stereocenters. The Morgan fingerprint density at radius 2 is 1.80 bits per heavy atom. The Hall–Kier alpha value is -3.47. The van der Waals surface area contributed by atoms with E-state index in [-0.39, 0.29) is 5.91 Å². The summed E-state index contributed by atoms with van der Waals surface area (Å²) in [5.41, 5.74) is 5.73. The van der Waals surface area contributed by atoms with Crippen molar-refractivity contribution in [1.82, 2.24) is 9.97 Å². The molecular formula is C25H27N3O2. The number of nitrogens with zero attached hydrogens (tertiary/aromatic N) is 2. The summed E-state index contributed by atoms with van der Waals surface area (Å²) in [6.45, 7) is 5.48. The van der Waals surface area contributed by atoms with Gasteiger partial charge in [-0.05, 0) is 48.2 Å². The van der Waals surface area contributed by atoms with Gasteiger partial charge in [0.15, 0.2) is 5.82 Å². The summed E-state index contributed by atoms with van der Waals surface area (Å²) in [6.07, 6.45) is 5.51. The molecule has 0 saturated carbocycles. The zero-order valence-corrected chi connectivity index (χ0v) is 17.9. The first-order valence-electron chi connectivity index (χ1n) is 10.2. The molecule has 1 aliphatic carbocycles. The van der Waals surface area contributed by atoms with Crippen molar-refractivity contribution in [3.05, 3.63) is 71.0 Å². The Bertz CT molecular complexity index is 1060. The number of aromatic nitrogens is 2. The third-order valence-electron chi connectivity index (χ3n) is 4.72. The van der Waals surface area contributed by atoms with Crippen LogP contribution in [-0.2, 0) is 17.6 Å². The highest BCUT2D eigenvalue weighted by molar-refractivity contribution is 5.90. The molecule has 1 amide bonds. The summed E-state index contributed by atoms with van der Waals surface area (Å²) in [4.78, 5) is 21.3. The van der Waals surface area contributed by atoms with Crippen LogP contribution in [0.2, 0.25) is 0 Å². The van der Waals surface area contributed by atoms with Crippen LogP contribution in [0.15, 0.2) is 48.5 Å². The predicted molar refractivity (Wildman–Crippen MR) is 122 cm³/mol. The van der Waals surface area contributed by atoms with Crippen molar-refractivity contribution in [2.75, 3.05) is 12.4 Å². The molecule has 0 bridgehead atoms. The zero-order chi connectivity index (χ0) is 21.5. The van der Waals surface area contributed by atoms with Crippen molar-refractivity contribution in [3.63, 3.8) is 0 Å². The maximum Gasteiger partial charge on any atom is 0.222 e. The van der Waals surface area contributed by atoms with Crippen LogP contribution in [0.4, 0.5) is 5.82 Å². The molecule has 1 heterocycles. The monoisotopic (exact) mass is 401 g/mol. The number of benzene rings is 2. The maximum atomic E-state index is 11.7. The molecule has 1 aliphatic rings. The average Bonchev–Trinajstić information content (AvgIpc) is 2.78. The van der Waals surface area contributed by atoms with Crippen molar-refractivity contribution < 1.29 is 9.53 Å². The molecule has 5 nitrogen and oxygen atoms in total. The lowest BCUT2D eigenvalue weighted by Crippen LogP contribution is -2.15. The summed E-state index contributed by atoms with van der Waals surface area (Å²) >= 11 is 0. The molecule has 0 atom stereocenters. The van der Waals surface area contributed by atoms with E-state index in [1.165, 1.54) is 12.5 Å². The number of carbonyl (C=O) groups excluding carboxylic acids is 1. The number of amides is 1. The molecule has 1 aromatic heterocycles. The summed E-state index contributed by atoms with van der Waals surface area (Å²) in [5, 5.41) is 2.82. The van der Waals surface area contributed by atoms with E-state index >= 15 is 0 Å². The largest absolute Gasteiger partial charge is 0.497 e. The summed E-state index contributed by atoms with van der Waals surface area (Å²) in [7, 11) is 1.67. The molecule has 0 aliphatic heterocycles. The second-order valence-corrected chi connectivity index (χ2v) is 6.70. The van der Waals surface area contributed by atoms with Gasteiger partial charge in [0.1, 0.15) is 11.4 Å². The standard InChI is InChI=1S/C23H21N3O2.C2H6/c1-15(27)24-23-21(12-8-16-6-4-3-5-7-16)25-22-19-11-10-18(28-2)14-17(19)9-13-20(22)26-23;1-2/h3-8,10-12,14H,9,13H2,1-2H3,(H,24,26,27);1-2H3/b12-8+;. The van der Waals surface area contributed by atoms with Gasteiger partial charge in [0.25, 0.3) is 0 Å². The summed E-state index contributed by atoms with van der Waals surface area (Å²) < 4.78 is 5.35. The number of hydrogen-bond donors (Lipinski definition) is 1. The van der Waals surface area contributed by atoms with Gasteiger partial charge in [0, 0.05) is 12.5 Å². The summed E-state index contributed by atoms with van der Waals surface area (Å²) in [5.74, 6) is 1.18. The molecule has 154 valence electrons. The molecule has 0 saturated heterocycles. The first-order chi connectivity index (χ1) is 14.6. The molecule has 0 spiro atoms. The van der Waals surface area contributed by atoms with Crippen LogP contribution in [0.5, 0.6) is 5.75 Å². The van der Waals surface area contributed by atoms with Gasteiger partial charge < -0.3 is 10.1 Å². The van der Waals surface area contributed by atoms with Crippen LogP contribution < -0.4 is 10.1 Å². The van der Waals surface area contributed by atoms with Crippen molar-refractivity contribution in [3.8, 4) is 17.0 Å². The minimum Gasteiger partial charge on any atom is -0.497 e. The van der Waals surface area contributed by atoms with Crippen molar-refractivity contribution in [2.24, 2.45) is 0 Å². The normalized spacial score (nSPS) is 11.7. The lowest BCUT2D eigenvalue weighted by atomic mass is 9.91. The molecule has 1 N–H and O–H groups in total. The quantitative estimate of drug-likeness (QED) is 0.635. The SMILES string of the molecule is CC.COc1ccc2c(c1)CCc1nc(NC(C)=O)c(/C=C/c3ccccc3)nc1-2. The Kier molecular flexibility index (Phi) is 6.96. The van der Waals surface area contributed by atoms with Gasteiger partial charge in [-0.25, -0.2) is 9.97 Å². The molecule has 2 aromatic carbocycles. The Morgan fingerprint density at radius 3 is 2.50 bits per heavy atom. The van der Waals surface area contributed by atoms with Crippen molar-refractivity contribution >= 4 is 23.9 Å². The van der Waals surface area contributed by atoms with Crippen LogP contribution in [-0.4, -0.2) is 23.0 Å². The minimum atomic E-state index is -0.162. The number of aryl methyl sites for hydroxylation is 2. The Morgan fingerprint density at radius 1 is 1.03 bits per heavy atom. The van der Waals surface area contributed by atoms with E-state index in [1.807, 2.05) is 68.5 Å². The van der Waals surface area contributed by atoms with Gasteiger partial charge in [0.2, 0.25) is 5.91 Å². The van der Waals surface area contributed by atoms with Crippen LogP contribution in [0.25, 0.3) is 23.4 Å². The number of methoxy groups -OCH3 is 1. The van der Waals surface area contributed by atoms with E-state index in [0.29, 0.717) is 11.5 Å². The van der Waals surface area contributed by atoms with Crippen LogP contribution in [0, 0.1) is 0 Å². The second-order valence-electron chi connectivity index (χ2n) is 6.70. The van der Waals surface area contributed by atoms with E-state index in [2.05, 4.69) is 11.4 Å². The van der Waals surface area contributed by atoms with Gasteiger partial charge in [0.05, 0.1) is 18.5 Å². The zero-order valence-electron chi connectivity index (χ0n) is 17.9. The predicted octanol–water partition coefficient (Wildman–Crippen LogP) is 5.41. The number of anilines is 1. The van der Waals surface area contributed by atoms with E-state index in [1.54, 1.807) is 7.11 Å². The highest BCUT2D eigenvalue weighted by Crippen LogP contribution is 2.35. The van der Waals surface area contributed by atoms with Crippen molar-refractivity contribution in [1.29, 1.82) is 0 Å². The topological polar surface area (TPSA) is 64.1 Å². The number of carbonyl (C=O) groups is 1. The smallest absolute Gasteiger partial charge is 0.222 e. The van der Waals surface area contributed by atoms with Crippen molar-refractivity contribution in [2.45, 2.75) is 33.6 Å². The number of rotatable bonds is 4. The first kappa shape index (κ1) is 21.2. The second kappa shape index (κ2) is 9.83. The summed E-state index contributed by atoms with van der Waals surface area (Å²) in [6, 6.07) is 16.0. The lowest BCUT2D eigenvalue weighted by molar-refractivity contribution is -0.114. The lowest BCUT2D eigenvalue weighted by Gasteiger charge is -2.20. The van der Waals surface area contributed by atoms with E-state index in [0.717, 1.165) is 41.1 Å². The maximum absolute atomic E-state index is 11.7. The number of fused-ring (bicyclic) bond motifs is 3. The highest BCUT2D eigenvalue weighted by atomic mass is 16.5. The fourth-order valence-electron chi connectivity index (χ4n) is 3.38. The van der Waals surface area contributed by atoms with E-state index < -0.39 is 0 Å². The fourth-order valence-corrected chi connectivity index (χ4v) is 3.38. The molecular weight excluding hydrogens is 374 g/mol. The minimum absolute atomic E-state index is 0.162. The Balaban J connectivity index is 0.00000124. The number of nitrogens with one attached hydrogen (secondary N) is 1. The van der Waals surface area contributed by atoms with E-state index in [9.17, 15) is 4.79 Å². The first-order valence-corrected chi connectivity index (χ1v) is 10.2. The Labute approximate surface area is 177 Å². The van der Waals surface area contributed by atoms with Gasteiger partial charge in [-0.2, -0.15) is 0 Å². The third kappa shape index (κ3) is 4.74. The molecule has 5 heteroatoms. The fraction of sp³-hybridized carbons (Fsp3) is 0.240. The molecule has 0 fully saturated rings. The molecule has 30 heavy (non-hydrogen) atoms. The molecule has 0 radical (unpaired) electrons. The molecule has 3 aromatic rings. The van der Waals surface area contributed by atoms with E-state index in [4.69, 9.17) is 14.7 Å². The van der Waals surface area contributed by atoms with Gasteiger partial charge in [-0.15, -0.1) is 0 Å². The van der Waals surface area contributed by atoms with Crippen LogP contribution >= 0.6 is 0 Å². The third-order valence-corrected chi connectivity index (χ3v) is 4.72. The van der Waals surface area contributed by atoms with Crippen LogP contribution in [0.1, 0.15) is 43.3 Å². The average molecular weight is 402 g/mol. The van der Waals surface area contributed by atoms with Gasteiger partial charge in [-0.1, -0.05) is 50.3 Å². The molecule has 4 rings (SSSR count). The number of hydrogen-bond acceptors (Lipinski definition) is 4. The van der Waals surface area contributed by atoms with Gasteiger partial charge in [-0.3, -0.25) is 4.79 Å². The van der Waals surface area contributed by atoms with Gasteiger partial charge >= 0.3 is 0 Å². The van der Waals surface area contributed by atoms with Crippen LogP contribution in [0.3, 0.4) is 0 Å².